The van der Waals surface area contributed by atoms with E-state index in [0.29, 0.717) is 27.0 Å². The molecule has 3 rings (SSSR count). The van der Waals surface area contributed by atoms with Crippen molar-refractivity contribution in [2.24, 2.45) is 0 Å². The number of ether oxygens (including phenoxy) is 1. The van der Waals surface area contributed by atoms with Crippen LogP contribution in [0.15, 0.2) is 59.3 Å². The maximum absolute atomic E-state index is 13.2. The molecule has 2 aromatic carbocycles. The highest BCUT2D eigenvalue weighted by Gasteiger charge is 2.38. The molecule has 0 N–H and O–H groups in total. The van der Waals surface area contributed by atoms with Gasteiger partial charge < -0.3 is 4.74 Å². The number of hydrogen-bond acceptors (Lipinski definition) is 3. The number of amides is 1. The van der Waals surface area contributed by atoms with Gasteiger partial charge in [-0.25, -0.2) is 4.79 Å². The number of rotatable bonds is 3. The van der Waals surface area contributed by atoms with Gasteiger partial charge in [-0.2, -0.15) is 0 Å². The second kappa shape index (κ2) is 7.59. The summed E-state index contributed by atoms with van der Waals surface area (Å²) in [6.45, 7) is 3.68. The summed E-state index contributed by atoms with van der Waals surface area (Å²) in [6, 6.07) is 12.6. The molecule has 0 saturated heterocycles. The summed E-state index contributed by atoms with van der Waals surface area (Å²) >= 11 is 12.3. The van der Waals surface area contributed by atoms with Crippen LogP contribution in [0.3, 0.4) is 0 Å². The quantitative estimate of drug-likeness (QED) is 0.525. The molecule has 0 aromatic heterocycles. The average molecular weight is 402 g/mol. The number of esters is 1. The van der Waals surface area contributed by atoms with Crippen LogP contribution in [0.5, 0.6) is 0 Å². The van der Waals surface area contributed by atoms with Crippen molar-refractivity contribution in [3.63, 3.8) is 0 Å². The zero-order valence-electron chi connectivity index (χ0n) is 15.0. The van der Waals surface area contributed by atoms with E-state index in [1.165, 1.54) is 12.0 Å². The molecule has 1 aliphatic rings. The Bertz CT molecular complexity index is 991. The molecule has 0 aliphatic carbocycles. The van der Waals surface area contributed by atoms with Gasteiger partial charge in [0.2, 0.25) is 0 Å². The highest BCUT2D eigenvalue weighted by molar-refractivity contribution is 6.43. The van der Waals surface area contributed by atoms with Crippen LogP contribution in [-0.2, 0) is 14.3 Å². The van der Waals surface area contributed by atoms with Crippen LogP contribution in [0.2, 0.25) is 10.0 Å². The number of nitrogens with zero attached hydrogens (tertiary/aromatic N) is 1. The standard InChI is InChI=1S/C21H17Cl2NO3/c1-12-7-9-15(10-8-12)24-13(2)18(21(26)27-3)16(20(24)25)11-14-5-4-6-17(22)19(14)23/h4-11H,1-3H3/b16-11-. The Balaban J connectivity index is 2.17. The van der Waals surface area contributed by atoms with Gasteiger partial charge in [0.05, 0.1) is 28.3 Å². The Morgan fingerprint density at radius 2 is 1.74 bits per heavy atom. The molecule has 0 radical (unpaired) electrons. The zero-order valence-corrected chi connectivity index (χ0v) is 16.6. The minimum Gasteiger partial charge on any atom is -0.465 e. The number of halogens is 2. The van der Waals surface area contributed by atoms with Gasteiger partial charge in [-0.1, -0.05) is 53.0 Å². The molecule has 0 bridgehead atoms. The normalized spacial score (nSPS) is 15.7. The maximum atomic E-state index is 13.2. The Morgan fingerprint density at radius 1 is 1.07 bits per heavy atom. The predicted molar refractivity (Wildman–Crippen MR) is 108 cm³/mol. The van der Waals surface area contributed by atoms with Crippen LogP contribution in [0.1, 0.15) is 18.1 Å². The van der Waals surface area contributed by atoms with Crippen LogP contribution in [0, 0.1) is 6.92 Å². The molecular weight excluding hydrogens is 385 g/mol. The summed E-state index contributed by atoms with van der Waals surface area (Å²) in [5.41, 5.74) is 3.21. The SMILES string of the molecule is COC(=O)C1=C(C)N(c2ccc(C)cc2)C(=O)/C1=C\c1cccc(Cl)c1Cl. The smallest absolute Gasteiger partial charge is 0.340 e. The van der Waals surface area contributed by atoms with Gasteiger partial charge in [0.1, 0.15) is 0 Å². The lowest BCUT2D eigenvalue weighted by molar-refractivity contribution is -0.136. The van der Waals surface area contributed by atoms with E-state index >= 15 is 0 Å². The van der Waals surface area contributed by atoms with Gasteiger partial charge in [0.25, 0.3) is 5.91 Å². The summed E-state index contributed by atoms with van der Waals surface area (Å²) in [5, 5.41) is 0.683. The van der Waals surface area contributed by atoms with Crippen LogP contribution >= 0.6 is 23.2 Å². The summed E-state index contributed by atoms with van der Waals surface area (Å²) in [5.74, 6) is -0.910. The number of allylic oxidation sites excluding steroid dienone is 1. The molecule has 6 heteroatoms. The minimum absolute atomic E-state index is 0.208. The fraction of sp³-hybridized carbons (Fsp3) is 0.143. The van der Waals surface area contributed by atoms with Crippen LogP contribution in [0.4, 0.5) is 5.69 Å². The van der Waals surface area contributed by atoms with Crippen molar-refractivity contribution in [3.8, 4) is 0 Å². The summed E-state index contributed by atoms with van der Waals surface area (Å²) in [6.07, 6.45) is 1.57. The number of carbonyl (C=O) groups excluding carboxylic acids is 2. The monoisotopic (exact) mass is 401 g/mol. The minimum atomic E-state index is -0.583. The molecule has 0 atom stereocenters. The van der Waals surface area contributed by atoms with Crippen molar-refractivity contribution in [1.29, 1.82) is 0 Å². The molecule has 0 fully saturated rings. The second-order valence-corrected chi connectivity index (χ2v) is 6.91. The molecule has 1 heterocycles. The van der Waals surface area contributed by atoms with Crippen molar-refractivity contribution in [2.45, 2.75) is 13.8 Å². The van der Waals surface area contributed by atoms with E-state index in [1.54, 1.807) is 31.2 Å². The number of benzene rings is 2. The number of anilines is 1. The van der Waals surface area contributed by atoms with Crippen molar-refractivity contribution in [2.75, 3.05) is 12.0 Å². The van der Waals surface area contributed by atoms with Gasteiger partial charge in [0.15, 0.2) is 0 Å². The molecule has 2 aromatic rings. The first-order valence-electron chi connectivity index (χ1n) is 8.21. The van der Waals surface area contributed by atoms with E-state index in [-0.39, 0.29) is 17.1 Å². The predicted octanol–water partition coefficient (Wildman–Crippen LogP) is 5.18. The molecule has 1 aliphatic heterocycles. The van der Waals surface area contributed by atoms with Gasteiger partial charge >= 0.3 is 5.97 Å². The molecular formula is C21H17Cl2NO3. The largest absolute Gasteiger partial charge is 0.465 e. The van der Waals surface area contributed by atoms with E-state index in [2.05, 4.69) is 0 Å². The number of aryl methyl sites for hydroxylation is 1. The maximum Gasteiger partial charge on any atom is 0.340 e. The van der Waals surface area contributed by atoms with E-state index in [1.807, 2.05) is 31.2 Å². The Morgan fingerprint density at radius 3 is 2.37 bits per heavy atom. The Labute approximate surface area is 167 Å². The first-order valence-corrected chi connectivity index (χ1v) is 8.97. The van der Waals surface area contributed by atoms with Gasteiger partial charge in [-0.05, 0) is 43.7 Å². The number of carbonyl (C=O) groups is 2. The first kappa shape index (κ1) is 19.2. The van der Waals surface area contributed by atoms with E-state index in [9.17, 15) is 9.59 Å². The topological polar surface area (TPSA) is 46.6 Å². The summed E-state index contributed by atoms with van der Waals surface area (Å²) in [4.78, 5) is 27.1. The molecule has 27 heavy (non-hydrogen) atoms. The Kier molecular flexibility index (Phi) is 5.40. The highest BCUT2D eigenvalue weighted by atomic mass is 35.5. The van der Waals surface area contributed by atoms with Crippen molar-refractivity contribution in [3.05, 3.63) is 80.5 Å². The molecule has 0 saturated carbocycles. The van der Waals surface area contributed by atoms with Gasteiger partial charge in [0, 0.05) is 11.4 Å². The van der Waals surface area contributed by atoms with E-state index in [0.717, 1.165) is 5.56 Å². The average Bonchev–Trinajstić information content (AvgIpc) is 2.89. The fourth-order valence-corrected chi connectivity index (χ4v) is 3.33. The highest BCUT2D eigenvalue weighted by Crippen LogP contribution is 2.37. The van der Waals surface area contributed by atoms with Crippen molar-refractivity contribution in [1.82, 2.24) is 0 Å². The van der Waals surface area contributed by atoms with Crippen LogP contribution in [-0.4, -0.2) is 19.0 Å². The third-order valence-electron chi connectivity index (χ3n) is 4.36. The summed E-state index contributed by atoms with van der Waals surface area (Å²) in [7, 11) is 1.28. The van der Waals surface area contributed by atoms with Crippen molar-refractivity contribution < 1.29 is 14.3 Å². The van der Waals surface area contributed by atoms with Crippen molar-refractivity contribution >= 4 is 46.8 Å². The third-order valence-corrected chi connectivity index (χ3v) is 5.20. The molecule has 0 spiro atoms. The van der Waals surface area contributed by atoms with Gasteiger partial charge in [-0.15, -0.1) is 0 Å². The van der Waals surface area contributed by atoms with Crippen LogP contribution < -0.4 is 4.90 Å². The lowest BCUT2D eigenvalue weighted by Gasteiger charge is -2.18. The Hall–Kier alpha value is -2.56. The fourth-order valence-electron chi connectivity index (χ4n) is 2.97. The summed E-state index contributed by atoms with van der Waals surface area (Å²) < 4.78 is 4.90. The second-order valence-electron chi connectivity index (χ2n) is 6.13. The zero-order chi connectivity index (χ0) is 19.7. The van der Waals surface area contributed by atoms with Crippen LogP contribution in [0.25, 0.3) is 6.08 Å². The number of hydrogen-bond donors (Lipinski definition) is 0. The first-order chi connectivity index (χ1) is 12.8. The molecule has 1 amide bonds. The lowest BCUT2D eigenvalue weighted by Crippen LogP contribution is -2.24. The van der Waals surface area contributed by atoms with Gasteiger partial charge in [-0.3, -0.25) is 9.69 Å². The lowest BCUT2D eigenvalue weighted by atomic mass is 10.0. The van der Waals surface area contributed by atoms with E-state index in [4.69, 9.17) is 27.9 Å². The molecule has 4 nitrogen and oxygen atoms in total. The molecule has 138 valence electrons. The van der Waals surface area contributed by atoms with E-state index < -0.39 is 5.97 Å². The third kappa shape index (κ3) is 3.51. The molecule has 0 unspecified atom stereocenters. The number of methoxy groups -OCH3 is 1.